The number of aryl methyl sites for hydroxylation is 2. The Morgan fingerprint density at radius 2 is 1.42 bits per heavy atom. The summed E-state index contributed by atoms with van der Waals surface area (Å²) < 4.78 is 28.6. The average molecular weight is 577 g/mol. The lowest BCUT2D eigenvalue weighted by molar-refractivity contribution is -0.139. The lowest BCUT2D eigenvalue weighted by Gasteiger charge is -2.32. The molecular formula is C28H31Cl2N3O4S. The Balaban J connectivity index is 2.06. The van der Waals surface area contributed by atoms with Crippen LogP contribution in [0.4, 0.5) is 5.69 Å². The molecule has 0 spiro atoms. The molecule has 202 valence electrons. The van der Waals surface area contributed by atoms with Gasteiger partial charge in [0.1, 0.15) is 12.6 Å². The number of hydrogen-bond acceptors (Lipinski definition) is 4. The molecule has 7 nitrogen and oxygen atoms in total. The van der Waals surface area contributed by atoms with Crippen molar-refractivity contribution in [2.75, 3.05) is 17.4 Å². The first kappa shape index (κ1) is 29.5. The maximum Gasteiger partial charge on any atom is 0.264 e. The molecule has 1 N–H and O–H groups in total. The molecule has 3 rings (SSSR count). The molecule has 38 heavy (non-hydrogen) atoms. The number of benzene rings is 3. The fourth-order valence-corrected chi connectivity index (χ4v) is 5.77. The molecule has 0 aliphatic rings. The van der Waals surface area contributed by atoms with E-state index in [1.807, 2.05) is 13.8 Å². The number of sulfonamides is 1. The summed E-state index contributed by atoms with van der Waals surface area (Å²) in [6.07, 6.45) is 0. The lowest BCUT2D eigenvalue weighted by Crippen LogP contribution is -2.51. The molecular weight excluding hydrogens is 545 g/mol. The Bertz CT molecular complexity index is 1370. The Labute approximate surface area is 234 Å². The van der Waals surface area contributed by atoms with Gasteiger partial charge < -0.3 is 10.2 Å². The molecule has 0 fully saturated rings. The summed E-state index contributed by atoms with van der Waals surface area (Å²) in [5, 5.41) is 3.39. The molecule has 0 heterocycles. The predicted octanol–water partition coefficient (Wildman–Crippen LogP) is 5.36. The van der Waals surface area contributed by atoms with E-state index in [-0.39, 0.29) is 17.3 Å². The van der Waals surface area contributed by atoms with E-state index in [2.05, 4.69) is 5.32 Å². The standard InChI is InChI=1S/C28H31Cl2N3O4S/c1-5-31-28(35)21(4)32(17-24-25(29)7-6-8-26(24)30)27(34)18-33(22-13-9-19(2)10-14-22)38(36,37)23-15-11-20(3)12-16-23/h6-16,21H,5,17-18H2,1-4H3,(H,31,35)/t21-/m0/s1. The van der Waals surface area contributed by atoms with E-state index in [1.165, 1.54) is 17.0 Å². The van der Waals surface area contributed by atoms with Crippen molar-refractivity contribution in [2.24, 2.45) is 0 Å². The summed E-state index contributed by atoms with van der Waals surface area (Å²) in [6.45, 7) is 6.85. The molecule has 1 atom stereocenters. The van der Waals surface area contributed by atoms with Crippen LogP contribution in [0.5, 0.6) is 0 Å². The van der Waals surface area contributed by atoms with Crippen LogP contribution in [0.25, 0.3) is 0 Å². The van der Waals surface area contributed by atoms with Crippen molar-refractivity contribution in [3.05, 3.63) is 93.5 Å². The number of halogens is 2. The molecule has 3 aromatic carbocycles. The Morgan fingerprint density at radius 3 is 1.95 bits per heavy atom. The first-order valence-corrected chi connectivity index (χ1v) is 14.3. The van der Waals surface area contributed by atoms with Crippen molar-refractivity contribution in [1.29, 1.82) is 0 Å². The van der Waals surface area contributed by atoms with Gasteiger partial charge in [0, 0.05) is 28.7 Å². The summed E-state index contributed by atoms with van der Waals surface area (Å²) in [7, 11) is -4.12. The number of amides is 2. The van der Waals surface area contributed by atoms with E-state index in [0.29, 0.717) is 27.8 Å². The smallest absolute Gasteiger partial charge is 0.264 e. The fourth-order valence-electron chi connectivity index (χ4n) is 3.84. The van der Waals surface area contributed by atoms with Gasteiger partial charge in [-0.1, -0.05) is 64.7 Å². The highest BCUT2D eigenvalue weighted by molar-refractivity contribution is 7.92. The Kier molecular flexibility index (Phi) is 9.82. The largest absolute Gasteiger partial charge is 0.355 e. The molecule has 0 aliphatic carbocycles. The Morgan fingerprint density at radius 1 is 0.895 bits per heavy atom. The van der Waals surface area contributed by atoms with Crippen LogP contribution in [-0.2, 0) is 26.2 Å². The number of likely N-dealkylation sites (N-methyl/N-ethyl adjacent to an activating group) is 1. The van der Waals surface area contributed by atoms with E-state index in [0.717, 1.165) is 15.4 Å². The van der Waals surface area contributed by atoms with Crippen molar-refractivity contribution < 1.29 is 18.0 Å². The molecule has 0 bridgehead atoms. The zero-order valence-corrected chi connectivity index (χ0v) is 24.1. The third-order valence-corrected chi connectivity index (χ3v) is 8.61. The fraction of sp³-hybridized carbons (Fsp3) is 0.286. The van der Waals surface area contributed by atoms with Crippen molar-refractivity contribution in [3.8, 4) is 0 Å². The number of rotatable bonds is 10. The molecule has 0 saturated carbocycles. The van der Waals surface area contributed by atoms with Crippen molar-refractivity contribution in [3.63, 3.8) is 0 Å². The van der Waals surface area contributed by atoms with Gasteiger partial charge in [0.05, 0.1) is 10.6 Å². The molecule has 3 aromatic rings. The second-order valence-corrected chi connectivity index (χ2v) is 11.6. The molecule has 0 saturated heterocycles. The lowest BCUT2D eigenvalue weighted by atomic mass is 10.1. The van der Waals surface area contributed by atoms with Gasteiger partial charge in [-0.15, -0.1) is 0 Å². The zero-order valence-electron chi connectivity index (χ0n) is 21.7. The highest BCUT2D eigenvalue weighted by Gasteiger charge is 2.33. The van der Waals surface area contributed by atoms with Gasteiger partial charge in [-0.25, -0.2) is 8.42 Å². The third kappa shape index (κ3) is 6.87. The van der Waals surface area contributed by atoms with Gasteiger partial charge in [-0.3, -0.25) is 13.9 Å². The van der Waals surface area contributed by atoms with Gasteiger partial charge in [-0.2, -0.15) is 0 Å². The van der Waals surface area contributed by atoms with Crippen LogP contribution < -0.4 is 9.62 Å². The second kappa shape index (κ2) is 12.7. The molecule has 0 unspecified atom stereocenters. The van der Waals surface area contributed by atoms with Gasteiger partial charge in [0.25, 0.3) is 10.0 Å². The number of anilines is 1. The van der Waals surface area contributed by atoms with E-state index in [9.17, 15) is 18.0 Å². The molecule has 2 amide bonds. The second-order valence-electron chi connectivity index (χ2n) is 8.95. The van der Waals surface area contributed by atoms with Crippen molar-refractivity contribution in [1.82, 2.24) is 10.2 Å². The minimum absolute atomic E-state index is 0.0500. The first-order valence-electron chi connectivity index (χ1n) is 12.1. The van der Waals surface area contributed by atoms with Crippen molar-refractivity contribution in [2.45, 2.75) is 45.2 Å². The average Bonchev–Trinajstić information content (AvgIpc) is 2.87. The van der Waals surface area contributed by atoms with Crippen LogP contribution in [0.15, 0.2) is 71.6 Å². The van der Waals surface area contributed by atoms with Gasteiger partial charge >= 0.3 is 0 Å². The molecule has 10 heteroatoms. The normalized spacial score (nSPS) is 12.1. The zero-order chi connectivity index (χ0) is 28.0. The van der Waals surface area contributed by atoms with E-state index < -0.39 is 28.5 Å². The monoisotopic (exact) mass is 575 g/mol. The highest BCUT2D eigenvalue weighted by atomic mass is 35.5. The number of nitrogens with zero attached hydrogens (tertiary/aromatic N) is 2. The SMILES string of the molecule is CCNC(=O)[C@H](C)N(Cc1c(Cl)cccc1Cl)C(=O)CN(c1ccc(C)cc1)S(=O)(=O)c1ccc(C)cc1. The summed E-state index contributed by atoms with van der Waals surface area (Å²) in [4.78, 5) is 28.0. The van der Waals surface area contributed by atoms with Crippen LogP contribution in [0.3, 0.4) is 0 Å². The number of carbonyl (C=O) groups is 2. The minimum atomic E-state index is -4.12. The molecule has 0 radical (unpaired) electrons. The third-order valence-electron chi connectivity index (χ3n) is 6.12. The summed E-state index contributed by atoms with van der Waals surface area (Å²) >= 11 is 12.8. The quantitative estimate of drug-likeness (QED) is 0.352. The van der Waals surface area contributed by atoms with Gasteiger partial charge in [0.2, 0.25) is 11.8 Å². The first-order chi connectivity index (χ1) is 17.9. The highest BCUT2D eigenvalue weighted by Crippen LogP contribution is 2.28. The number of nitrogens with one attached hydrogen (secondary N) is 1. The van der Waals surface area contributed by atoms with Gasteiger partial charge in [0.15, 0.2) is 0 Å². The summed E-state index contributed by atoms with van der Waals surface area (Å²) in [6, 6.07) is 17.3. The van der Waals surface area contributed by atoms with Gasteiger partial charge in [-0.05, 0) is 64.1 Å². The maximum absolute atomic E-state index is 13.9. The van der Waals surface area contributed by atoms with Crippen molar-refractivity contribution >= 4 is 50.7 Å². The topological polar surface area (TPSA) is 86.8 Å². The predicted molar refractivity (Wildman–Crippen MR) is 152 cm³/mol. The van der Waals surface area contributed by atoms with Crippen LogP contribution in [0, 0.1) is 13.8 Å². The van der Waals surface area contributed by atoms with E-state index >= 15 is 0 Å². The van der Waals surface area contributed by atoms with Crippen LogP contribution >= 0.6 is 23.2 Å². The number of carbonyl (C=O) groups excluding carboxylic acids is 2. The Hall–Kier alpha value is -3.07. The maximum atomic E-state index is 13.9. The van der Waals surface area contributed by atoms with E-state index in [1.54, 1.807) is 68.4 Å². The molecule has 0 aliphatic heterocycles. The molecule has 0 aromatic heterocycles. The summed E-state index contributed by atoms with van der Waals surface area (Å²) in [5.41, 5.74) is 2.63. The minimum Gasteiger partial charge on any atom is -0.355 e. The van der Waals surface area contributed by atoms with Crippen LogP contribution in [0.1, 0.15) is 30.5 Å². The van der Waals surface area contributed by atoms with E-state index in [4.69, 9.17) is 23.2 Å². The number of hydrogen-bond donors (Lipinski definition) is 1. The summed E-state index contributed by atoms with van der Waals surface area (Å²) in [5.74, 6) is -0.969. The van der Waals surface area contributed by atoms with Crippen LogP contribution in [-0.4, -0.2) is 44.3 Å². The van der Waals surface area contributed by atoms with Crippen LogP contribution in [0.2, 0.25) is 10.0 Å².